The third-order valence-electron chi connectivity index (χ3n) is 5.91. The average Bonchev–Trinajstić information content (AvgIpc) is 2.88. The summed E-state index contributed by atoms with van der Waals surface area (Å²) in [6, 6.07) is 5.30. The van der Waals surface area contributed by atoms with Crippen molar-refractivity contribution in [3.05, 3.63) is 70.6 Å². The van der Waals surface area contributed by atoms with Gasteiger partial charge in [-0.1, -0.05) is 32.1 Å². The molecule has 2 heterocycles. The van der Waals surface area contributed by atoms with Gasteiger partial charge in [-0.05, 0) is 62.8 Å². The van der Waals surface area contributed by atoms with Crippen LogP contribution in [0.4, 0.5) is 29.2 Å². The third kappa shape index (κ3) is 6.73. The van der Waals surface area contributed by atoms with E-state index in [-0.39, 0.29) is 17.7 Å². The largest absolute Gasteiger partial charge is 0.454 e. The molecular weight excluding hydrogens is 498 g/mol. The lowest BCUT2D eigenvalue weighted by Crippen LogP contribution is -2.13. The van der Waals surface area contributed by atoms with E-state index >= 15 is 0 Å². The number of rotatable bonds is 10. The summed E-state index contributed by atoms with van der Waals surface area (Å²) in [6.07, 6.45) is 3.03. The van der Waals surface area contributed by atoms with Crippen molar-refractivity contribution in [2.24, 2.45) is 4.99 Å². The van der Waals surface area contributed by atoms with Crippen LogP contribution in [0.1, 0.15) is 62.1 Å². The Morgan fingerprint density at radius 1 is 1.16 bits per heavy atom. The molecule has 0 saturated heterocycles. The minimum Gasteiger partial charge on any atom is -0.454 e. The Kier molecular flexibility index (Phi) is 9.55. The lowest BCUT2D eigenvalue weighted by molar-refractivity contribution is -0.143. The Bertz CT molecular complexity index is 1340. The Morgan fingerprint density at radius 2 is 1.92 bits per heavy atom. The van der Waals surface area contributed by atoms with E-state index in [1.165, 1.54) is 6.33 Å². The van der Waals surface area contributed by atoms with Gasteiger partial charge in [-0.25, -0.2) is 24.3 Å². The summed E-state index contributed by atoms with van der Waals surface area (Å²) in [5, 5.41) is 3.35. The first-order valence-electron chi connectivity index (χ1n) is 12.4. The maximum Gasteiger partial charge on any atom is 0.436 e. The molecule has 2 aromatic heterocycles. The molecule has 1 N–H and O–H groups in total. The van der Waals surface area contributed by atoms with Gasteiger partial charge in [0, 0.05) is 24.5 Å². The fourth-order valence-electron chi connectivity index (χ4n) is 3.78. The molecule has 0 aliphatic carbocycles. The van der Waals surface area contributed by atoms with E-state index in [0.29, 0.717) is 30.2 Å². The molecule has 0 spiro atoms. The number of anilines is 1. The van der Waals surface area contributed by atoms with E-state index in [1.807, 2.05) is 32.9 Å². The number of nitrogens with one attached hydrogen (secondary N) is 1. The van der Waals surface area contributed by atoms with Gasteiger partial charge < -0.3 is 10.1 Å². The van der Waals surface area contributed by atoms with Crippen molar-refractivity contribution in [2.45, 2.75) is 60.1 Å². The maximum atomic E-state index is 14.7. The van der Waals surface area contributed by atoms with Gasteiger partial charge in [0.05, 0.1) is 5.56 Å². The number of aliphatic imine (C=N–C) groups is 1. The van der Waals surface area contributed by atoms with Gasteiger partial charge in [-0.15, -0.1) is 0 Å². The number of ether oxygens (including phenoxy) is 1. The SMILES string of the molecule is CC=C(C)c1c(N=CCC)ncnc1NCCc1ccc(Oc2c(CC)cnc(C(F)(F)F)c2F)c(C)c1. The molecule has 0 amide bonds. The molecule has 6 nitrogen and oxygen atoms in total. The highest BCUT2D eigenvalue weighted by Crippen LogP contribution is 2.38. The second kappa shape index (κ2) is 12.6. The summed E-state index contributed by atoms with van der Waals surface area (Å²) in [5.41, 5.74) is 2.12. The van der Waals surface area contributed by atoms with Gasteiger partial charge in [-0.2, -0.15) is 13.2 Å². The minimum absolute atomic E-state index is 0.253. The molecule has 0 atom stereocenters. The summed E-state index contributed by atoms with van der Waals surface area (Å²) in [4.78, 5) is 16.4. The van der Waals surface area contributed by atoms with Crippen LogP contribution in [0.2, 0.25) is 0 Å². The lowest BCUT2D eigenvalue weighted by Gasteiger charge is -2.16. The van der Waals surface area contributed by atoms with Gasteiger partial charge in [0.2, 0.25) is 0 Å². The van der Waals surface area contributed by atoms with Crippen LogP contribution in [0, 0.1) is 12.7 Å². The number of benzene rings is 1. The fraction of sp³-hybridized carbons (Fsp3) is 0.357. The second-order valence-electron chi connectivity index (χ2n) is 8.62. The summed E-state index contributed by atoms with van der Waals surface area (Å²) in [7, 11) is 0. The second-order valence-corrected chi connectivity index (χ2v) is 8.62. The topological polar surface area (TPSA) is 72.3 Å². The molecule has 3 aromatic rings. The first-order valence-corrected chi connectivity index (χ1v) is 12.4. The van der Waals surface area contributed by atoms with E-state index in [0.717, 1.165) is 29.3 Å². The predicted molar refractivity (Wildman–Crippen MR) is 142 cm³/mol. The Morgan fingerprint density at radius 3 is 2.55 bits per heavy atom. The van der Waals surface area contributed by atoms with E-state index < -0.39 is 23.4 Å². The highest BCUT2D eigenvalue weighted by molar-refractivity contribution is 5.81. The van der Waals surface area contributed by atoms with Crippen LogP contribution < -0.4 is 10.1 Å². The smallest absolute Gasteiger partial charge is 0.436 e. The molecule has 0 radical (unpaired) electrons. The monoisotopic (exact) mass is 529 g/mol. The third-order valence-corrected chi connectivity index (χ3v) is 5.91. The van der Waals surface area contributed by atoms with Crippen molar-refractivity contribution in [2.75, 3.05) is 11.9 Å². The molecule has 0 unspecified atom stereocenters. The standard InChI is InChI=1S/C28H31F4N5O/c1-6-12-33-26-22(17(4)7-2)27(37-16-36-26)34-13-11-19-9-10-21(18(5)14-19)38-24-20(8-3)15-35-25(23(24)29)28(30,31)32/h7,9-10,12,14-16H,6,8,11,13H2,1-5H3,(H,34,36,37). The predicted octanol–water partition coefficient (Wildman–Crippen LogP) is 7.88. The van der Waals surface area contributed by atoms with Crippen LogP contribution in [-0.2, 0) is 19.0 Å². The van der Waals surface area contributed by atoms with Gasteiger partial charge >= 0.3 is 6.18 Å². The number of halogens is 4. The number of aromatic nitrogens is 3. The minimum atomic E-state index is -4.92. The van der Waals surface area contributed by atoms with Crippen LogP contribution in [0.25, 0.3) is 5.57 Å². The van der Waals surface area contributed by atoms with Gasteiger partial charge in [0.25, 0.3) is 0 Å². The zero-order chi connectivity index (χ0) is 27.9. The highest BCUT2D eigenvalue weighted by Gasteiger charge is 2.38. The Labute approximate surface area is 219 Å². The maximum absolute atomic E-state index is 14.7. The number of aryl methyl sites for hydroxylation is 2. The number of pyridine rings is 1. The zero-order valence-corrected chi connectivity index (χ0v) is 22.1. The molecule has 0 bridgehead atoms. The molecule has 202 valence electrons. The highest BCUT2D eigenvalue weighted by atomic mass is 19.4. The van der Waals surface area contributed by atoms with Crippen molar-refractivity contribution >= 4 is 23.4 Å². The van der Waals surface area contributed by atoms with E-state index in [2.05, 4.69) is 25.3 Å². The van der Waals surface area contributed by atoms with Crippen LogP contribution in [0.15, 0.2) is 41.8 Å². The first kappa shape index (κ1) is 28.7. The molecule has 1 aromatic carbocycles. The number of hydrogen-bond donors (Lipinski definition) is 1. The van der Waals surface area contributed by atoms with Crippen molar-refractivity contribution in [3.8, 4) is 11.5 Å². The van der Waals surface area contributed by atoms with Crippen LogP contribution in [-0.4, -0.2) is 27.7 Å². The first-order chi connectivity index (χ1) is 18.1. The van der Waals surface area contributed by atoms with Crippen LogP contribution >= 0.6 is 0 Å². The summed E-state index contributed by atoms with van der Waals surface area (Å²) in [5.74, 6) is -0.416. The van der Waals surface area contributed by atoms with Gasteiger partial charge in [-0.3, -0.25) is 0 Å². The molecule has 0 aliphatic heterocycles. The molecule has 38 heavy (non-hydrogen) atoms. The number of alkyl halides is 3. The van der Waals surface area contributed by atoms with Crippen molar-refractivity contribution in [1.82, 2.24) is 15.0 Å². The van der Waals surface area contributed by atoms with Crippen LogP contribution in [0.5, 0.6) is 11.5 Å². The van der Waals surface area contributed by atoms with Crippen molar-refractivity contribution < 1.29 is 22.3 Å². The normalized spacial score (nSPS) is 12.3. The fourth-order valence-corrected chi connectivity index (χ4v) is 3.78. The Balaban J connectivity index is 1.78. The Hall–Kier alpha value is -3.82. The molecule has 0 aliphatic rings. The number of nitrogens with zero attached hydrogens (tertiary/aromatic N) is 4. The summed E-state index contributed by atoms with van der Waals surface area (Å²) in [6.45, 7) is 9.93. The number of allylic oxidation sites excluding steroid dienone is 2. The molecule has 10 heteroatoms. The van der Waals surface area contributed by atoms with E-state index in [1.54, 1.807) is 32.2 Å². The lowest BCUT2D eigenvalue weighted by atomic mass is 10.1. The summed E-state index contributed by atoms with van der Waals surface area (Å²) < 4.78 is 59.9. The molecular formula is C28H31F4N5O. The summed E-state index contributed by atoms with van der Waals surface area (Å²) >= 11 is 0. The number of hydrogen-bond acceptors (Lipinski definition) is 6. The van der Waals surface area contributed by atoms with Crippen LogP contribution in [0.3, 0.4) is 0 Å². The average molecular weight is 530 g/mol. The van der Waals surface area contributed by atoms with Crippen molar-refractivity contribution in [3.63, 3.8) is 0 Å². The van der Waals surface area contributed by atoms with Crippen molar-refractivity contribution in [1.29, 1.82) is 0 Å². The molecule has 0 fully saturated rings. The van der Waals surface area contributed by atoms with E-state index in [4.69, 9.17) is 4.74 Å². The molecule has 3 rings (SSSR count). The van der Waals surface area contributed by atoms with Gasteiger partial charge in [0.1, 0.15) is 17.9 Å². The molecule has 0 saturated carbocycles. The zero-order valence-electron chi connectivity index (χ0n) is 22.1. The van der Waals surface area contributed by atoms with Gasteiger partial charge in [0.15, 0.2) is 23.1 Å². The quantitative estimate of drug-likeness (QED) is 0.214. The van der Waals surface area contributed by atoms with E-state index in [9.17, 15) is 17.6 Å².